The summed E-state index contributed by atoms with van der Waals surface area (Å²) in [5.74, 6) is 0. The Morgan fingerprint density at radius 2 is 0.556 bits per heavy atom. The Labute approximate surface area is 220 Å². The summed E-state index contributed by atoms with van der Waals surface area (Å²) >= 11 is 0. The predicted molar refractivity (Wildman–Crippen MR) is 162 cm³/mol. The number of hydrogen-bond donors (Lipinski definition) is 2. The van der Waals surface area contributed by atoms with Crippen molar-refractivity contribution in [3.63, 3.8) is 0 Å². The fourth-order valence-corrected chi connectivity index (χ4v) is 15.4. The Kier molecular flexibility index (Phi) is 7.53. The smallest absolute Gasteiger partial charge is 0.208 e. The Morgan fingerprint density at radius 1 is 0.361 bits per heavy atom. The van der Waals surface area contributed by atoms with Gasteiger partial charge in [-0.1, -0.05) is 163 Å². The van der Waals surface area contributed by atoms with E-state index in [9.17, 15) is 0 Å². The van der Waals surface area contributed by atoms with Crippen molar-refractivity contribution < 1.29 is 0 Å². The largest absolute Gasteiger partial charge is 0.274 e. The van der Waals surface area contributed by atoms with Gasteiger partial charge in [-0.25, -0.2) is 0 Å². The normalized spacial score (nSPS) is 12.9. The zero-order valence-electron chi connectivity index (χ0n) is 22.5. The maximum Gasteiger partial charge on any atom is 0.208 e. The van der Waals surface area contributed by atoms with Gasteiger partial charge in [-0.05, 0) is 30.8 Å². The molecule has 4 heteroatoms. The molecule has 4 aromatic carbocycles. The van der Waals surface area contributed by atoms with Gasteiger partial charge in [-0.3, -0.25) is 10.2 Å². The lowest BCUT2D eigenvalue weighted by molar-refractivity contribution is 0.659. The monoisotopic (exact) mass is 508 g/mol. The minimum absolute atomic E-state index is 0.00585. The maximum absolute atomic E-state index is 4.20. The molecule has 0 bridgehead atoms. The molecule has 0 aliphatic rings. The number of nitrogens with one attached hydrogen (secondary N) is 2. The average Bonchev–Trinajstić information content (AvgIpc) is 2.87. The van der Waals surface area contributed by atoms with E-state index in [-0.39, 0.29) is 10.1 Å². The van der Waals surface area contributed by atoms with Crippen LogP contribution in [0.15, 0.2) is 121 Å². The molecule has 0 aliphatic heterocycles. The Bertz CT molecular complexity index is 1050. The van der Waals surface area contributed by atoms with Crippen LogP contribution in [0.3, 0.4) is 0 Å². The van der Waals surface area contributed by atoms with Crippen LogP contribution < -0.4 is 30.9 Å². The van der Waals surface area contributed by atoms with E-state index in [4.69, 9.17) is 0 Å². The number of benzene rings is 4. The minimum Gasteiger partial charge on any atom is -0.274 e. The molecule has 0 unspecified atom stereocenters. The van der Waals surface area contributed by atoms with Crippen LogP contribution in [-0.4, -0.2) is 16.5 Å². The summed E-state index contributed by atoms with van der Waals surface area (Å²) in [6.07, 6.45) is 0. The number of hydrazine groups is 1. The van der Waals surface area contributed by atoms with Crippen LogP contribution in [0.25, 0.3) is 0 Å². The first kappa shape index (κ1) is 26.3. The first-order valence-corrected chi connectivity index (χ1v) is 16.9. The highest BCUT2D eigenvalue weighted by molar-refractivity contribution is 7.05. The molecule has 0 saturated carbocycles. The van der Waals surface area contributed by atoms with Crippen molar-refractivity contribution in [2.45, 2.75) is 51.6 Å². The predicted octanol–water partition coefficient (Wildman–Crippen LogP) is 5.20. The molecule has 4 aromatic rings. The van der Waals surface area contributed by atoms with Gasteiger partial charge in [0.1, 0.15) is 0 Å². The van der Waals surface area contributed by atoms with E-state index >= 15 is 0 Å². The fourth-order valence-electron chi connectivity index (χ4n) is 5.67. The van der Waals surface area contributed by atoms with Crippen LogP contribution in [0.4, 0.5) is 0 Å². The summed E-state index contributed by atoms with van der Waals surface area (Å²) in [7, 11) is -5.06. The Balaban J connectivity index is 1.98. The van der Waals surface area contributed by atoms with Crippen molar-refractivity contribution in [3.05, 3.63) is 121 Å². The molecule has 0 fully saturated rings. The second-order valence-electron chi connectivity index (χ2n) is 11.7. The van der Waals surface area contributed by atoms with Gasteiger partial charge < -0.3 is 0 Å². The third kappa shape index (κ3) is 4.66. The van der Waals surface area contributed by atoms with E-state index in [0.717, 1.165) is 0 Å². The molecule has 2 N–H and O–H groups in total. The van der Waals surface area contributed by atoms with Gasteiger partial charge in [-0.15, -0.1) is 0 Å². The molecule has 0 radical (unpaired) electrons. The average molecular weight is 509 g/mol. The molecular weight excluding hydrogens is 469 g/mol. The van der Waals surface area contributed by atoms with Crippen LogP contribution in [0.2, 0.25) is 10.1 Å². The first-order chi connectivity index (χ1) is 17.1. The molecule has 0 heterocycles. The van der Waals surface area contributed by atoms with Gasteiger partial charge in [0.25, 0.3) is 0 Å². The van der Waals surface area contributed by atoms with Gasteiger partial charge in [-0.2, -0.15) is 0 Å². The highest BCUT2D eigenvalue weighted by Crippen LogP contribution is 2.36. The van der Waals surface area contributed by atoms with Crippen LogP contribution in [0, 0.1) is 0 Å². The van der Waals surface area contributed by atoms with Crippen molar-refractivity contribution in [3.8, 4) is 0 Å². The van der Waals surface area contributed by atoms with E-state index in [1.165, 1.54) is 20.7 Å². The molecule has 0 spiro atoms. The van der Waals surface area contributed by atoms with Gasteiger partial charge in [0.15, 0.2) is 0 Å². The van der Waals surface area contributed by atoms with E-state index in [2.05, 4.69) is 173 Å². The van der Waals surface area contributed by atoms with E-state index < -0.39 is 16.5 Å². The van der Waals surface area contributed by atoms with Crippen LogP contribution >= 0.6 is 0 Å². The zero-order chi connectivity index (χ0) is 25.9. The lowest BCUT2D eigenvalue weighted by Gasteiger charge is -2.50. The Hall–Kier alpha value is -2.77. The molecule has 36 heavy (non-hydrogen) atoms. The van der Waals surface area contributed by atoms with Crippen molar-refractivity contribution in [2.24, 2.45) is 0 Å². The zero-order valence-corrected chi connectivity index (χ0v) is 24.5. The molecule has 0 saturated heterocycles. The Morgan fingerprint density at radius 3 is 0.722 bits per heavy atom. The molecule has 0 aliphatic carbocycles. The van der Waals surface area contributed by atoms with Gasteiger partial charge in [0.05, 0.1) is 0 Å². The number of rotatable bonds is 7. The van der Waals surface area contributed by atoms with Crippen LogP contribution in [0.1, 0.15) is 41.5 Å². The summed E-state index contributed by atoms with van der Waals surface area (Å²) in [4.78, 5) is 0. The van der Waals surface area contributed by atoms with Crippen molar-refractivity contribution in [2.75, 3.05) is 0 Å². The maximum atomic E-state index is 4.20. The lowest BCUT2D eigenvalue weighted by atomic mass is 10.2. The summed E-state index contributed by atoms with van der Waals surface area (Å²) in [5.41, 5.74) is 0. The summed E-state index contributed by atoms with van der Waals surface area (Å²) < 4.78 is 0. The van der Waals surface area contributed by atoms with Crippen molar-refractivity contribution in [1.29, 1.82) is 0 Å². The van der Waals surface area contributed by atoms with Crippen LogP contribution in [-0.2, 0) is 0 Å². The molecule has 0 amide bonds. The fraction of sp³-hybridized carbons (Fsp3) is 0.250. The summed E-state index contributed by atoms with van der Waals surface area (Å²) in [6, 6.07) is 44.4. The summed E-state index contributed by atoms with van der Waals surface area (Å²) in [6.45, 7) is 14.3. The second-order valence-corrected chi connectivity index (χ2v) is 20.5. The third-order valence-electron chi connectivity index (χ3n) is 7.51. The number of hydrogen-bond acceptors (Lipinski definition) is 2. The highest BCUT2D eigenvalue weighted by Gasteiger charge is 2.53. The lowest BCUT2D eigenvalue weighted by Crippen LogP contribution is -2.85. The van der Waals surface area contributed by atoms with E-state index in [1.807, 2.05) is 0 Å². The molecule has 0 atom stereocenters. The molecule has 0 aromatic heterocycles. The van der Waals surface area contributed by atoms with Crippen molar-refractivity contribution in [1.82, 2.24) is 10.2 Å². The highest BCUT2D eigenvalue weighted by atomic mass is 28.3. The SMILES string of the molecule is CC(C)(C)[Si](NN[Si](c1ccccc1)(c1ccccc1)C(C)(C)C)(c1ccccc1)c1ccccc1. The molecule has 4 rings (SSSR count). The second kappa shape index (κ2) is 10.3. The van der Waals surface area contributed by atoms with E-state index in [0.29, 0.717) is 0 Å². The minimum atomic E-state index is -2.53. The van der Waals surface area contributed by atoms with Gasteiger partial charge >= 0.3 is 0 Å². The molecule has 2 nitrogen and oxygen atoms in total. The topological polar surface area (TPSA) is 24.1 Å². The quantitative estimate of drug-likeness (QED) is 0.265. The molecular formula is C32H40N2Si2. The third-order valence-corrected chi connectivity index (χ3v) is 18.1. The van der Waals surface area contributed by atoms with Crippen molar-refractivity contribution >= 4 is 37.2 Å². The molecule has 186 valence electrons. The van der Waals surface area contributed by atoms with Gasteiger partial charge in [0, 0.05) is 0 Å². The van der Waals surface area contributed by atoms with Crippen LogP contribution in [0.5, 0.6) is 0 Å². The van der Waals surface area contributed by atoms with Gasteiger partial charge in [0.2, 0.25) is 16.5 Å². The van der Waals surface area contributed by atoms with E-state index in [1.54, 1.807) is 0 Å². The first-order valence-electron chi connectivity index (χ1n) is 12.9. The standard InChI is InChI=1S/C32H40N2Si2/c1-31(2,3)35(27-19-11-7-12-20-27,28-21-13-8-14-22-28)33-34-36(32(4,5)6,29-23-15-9-16-24-29)30-25-17-10-18-26-30/h7-26,33-34H,1-6H3. The summed E-state index contributed by atoms with van der Waals surface area (Å²) in [5, 5.41) is 13.9.